The van der Waals surface area contributed by atoms with Crippen LogP contribution < -0.4 is 4.74 Å². The van der Waals surface area contributed by atoms with Crippen LogP contribution in [0.4, 0.5) is 5.69 Å². The molecule has 0 fully saturated rings. The van der Waals surface area contributed by atoms with Gasteiger partial charge in [-0.25, -0.2) is 0 Å². The van der Waals surface area contributed by atoms with Gasteiger partial charge in [-0.2, -0.15) is 0 Å². The number of halogens is 1. The van der Waals surface area contributed by atoms with E-state index in [0.717, 1.165) is 10.0 Å². The molecule has 2 aromatic rings. The van der Waals surface area contributed by atoms with Gasteiger partial charge in [0.15, 0.2) is 6.29 Å². The summed E-state index contributed by atoms with van der Waals surface area (Å²) in [6.07, 6.45) is 0.701. The van der Waals surface area contributed by atoms with Crippen LogP contribution in [-0.2, 0) is 6.61 Å². The molecular formula is C15H12BrNO4. The first-order valence-corrected chi connectivity index (χ1v) is 6.92. The first kappa shape index (κ1) is 15.2. The summed E-state index contributed by atoms with van der Waals surface area (Å²) in [4.78, 5) is 21.6. The minimum Gasteiger partial charge on any atom is -0.488 e. The van der Waals surface area contributed by atoms with Gasteiger partial charge in [0.05, 0.1) is 16.1 Å². The molecule has 0 heterocycles. The van der Waals surface area contributed by atoms with Crippen LogP contribution in [0.3, 0.4) is 0 Å². The van der Waals surface area contributed by atoms with Crippen LogP contribution in [0, 0.1) is 17.0 Å². The Bertz CT molecular complexity index is 700. The highest BCUT2D eigenvalue weighted by atomic mass is 79.9. The van der Waals surface area contributed by atoms with Crippen molar-refractivity contribution in [3.63, 3.8) is 0 Å². The first-order valence-electron chi connectivity index (χ1n) is 6.13. The van der Waals surface area contributed by atoms with Crippen LogP contribution in [0.2, 0.25) is 0 Å². The third kappa shape index (κ3) is 3.46. The second-order valence-electron chi connectivity index (χ2n) is 4.43. The van der Waals surface area contributed by atoms with E-state index in [1.807, 2.05) is 13.0 Å². The fourth-order valence-electron chi connectivity index (χ4n) is 2.00. The van der Waals surface area contributed by atoms with Crippen molar-refractivity contribution in [3.05, 3.63) is 67.7 Å². The molecule has 0 spiro atoms. The maximum Gasteiger partial charge on any atom is 0.276 e. The fraction of sp³-hybridized carbons (Fsp3) is 0.133. The molecule has 0 bridgehead atoms. The first-order chi connectivity index (χ1) is 10.0. The van der Waals surface area contributed by atoms with Gasteiger partial charge >= 0.3 is 0 Å². The number of para-hydroxylation sites is 1. The molecular weight excluding hydrogens is 338 g/mol. The van der Waals surface area contributed by atoms with Gasteiger partial charge < -0.3 is 4.74 Å². The Morgan fingerprint density at radius 2 is 2.05 bits per heavy atom. The van der Waals surface area contributed by atoms with E-state index in [4.69, 9.17) is 4.74 Å². The second-order valence-corrected chi connectivity index (χ2v) is 5.35. The van der Waals surface area contributed by atoms with Gasteiger partial charge in [0.2, 0.25) is 0 Å². The molecule has 6 heteroatoms. The van der Waals surface area contributed by atoms with Crippen LogP contribution in [-0.4, -0.2) is 11.2 Å². The van der Waals surface area contributed by atoms with E-state index in [2.05, 4.69) is 15.9 Å². The summed E-state index contributed by atoms with van der Waals surface area (Å²) in [6, 6.07) is 9.83. The lowest BCUT2D eigenvalue weighted by atomic mass is 10.1. The zero-order chi connectivity index (χ0) is 15.4. The van der Waals surface area contributed by atoms with Crippen LogP contribution in [0.15, 0.2) is 40.9 Å². The maximum absolute atomic E-state index is 11.1. The third-order valence-electron chi connectivity index (χ3n) is 2.96. The largest absolute Gasteiger partial charge is 0.488 e. The summed E-state index contributed by atoms with van der Waals surface area (Å²) in [5.41, 5.74) is 1.65. The molecule has 0 amide bonds. The van der Waals surface area contributed by atoms with E-state index in [1.54, 1.807) is 24.3 Å². The van der Waals surface area contributed by atoms with Gasteiger partial charge in [-0.1, -0.05) is 28.1 Å². The molecule has 0 saturated heterocycles. The molecule has 0 aromatic heterocycles. The van der Waals surface area contributed by atoms with Crippen LogP contribution in [0.5, 0.6) is 5.75 Å². The molecule has 21 heavy (non-hydrogen) atoms. The zero-order valence-electron chi connectivity index (χ0n) is 11.2. The molecule has 2 aromatic carbocycles. The number of nitrogens with zero attached hydrogens (tertiary/aromatic N) is 1. The molecule has 0 N–H and O–H groups in total. The predicted molar refractivity (Wildman–Crippen MR) is 81.7 cm³/mol. The van der Waals surface area contributed by atoms with E-state index >= 15 is 0 Å². The monoisotopic (exact) mass is 349 g/mol. The molecule has 5 nitrogen and oxygen atoms in total. The van der Waals surface area contributed by atoms with Gasteiger partial charge in [0.1, 0.15) is 12.4 Å². The maximum atomic E-state index is 11.1. The van der Waals surface area contributed by atoms with Crippen molar-refractivity contribution < 1.29 is 14.5 Å². The number of aryl methyl sites for hydroxylation is 1. The Labute approximate surface area is 129 Å². The van der Waals surface area contributed by atoms with Crippen molar-refractivity contribution in [1.82, 2.24) is 0 Å². The number of aldehydes is 1. The Morgan fingerprint density at radius 1 is 1.33 bits per heavy atom. The number of carbonyl (C=O) groups excluding carboxylic acids is 1. The average molecular weight is 350 g/mol. The van der Waals surface area contributed by atoms with Crippen molar-refractivity contribution in [2.75, 3.05) is 0 Å². The highest BCUT2D eigenvalue weighted by Gasteiger charge is 2.14. The van der Waals surface area contributed by atoms with Crippen LogP contribution >= 0.6 is 15.9 Å². The Kier molecular flexibility index (Phi) is 4.70. The Balaban J connectivity index is 2.29. The quantitative estimate of drug-likeness (QED) is 0.463. The molecule has 2 rings (SSSR count). The summed E-state index contributed by atoms with van der Waals surface area (Å²) >= 11 is 3.31. The third-order valence-corrected chi connectivity index (χ3v) is 3.41. The number of carbonyl (C=O) groups is 1. The normalized spacial score (nSPS) is 10.2. The summed E-state index contributed by atoms with van der Waals surface area (Å²) in [7, 11) is 0. The molecule has 0 aliphatic heterocycles. The number of nitro benzene ring substituents is 1. The summed E-state index contributed by atoms with van der Waals surface area (Å²) in [6.45, 7) is 1.84. The summed E-state index contributed by atoms with van der Waals surface area (Å²) < 4.78 is 6.41. The van der Waals surface area contributed by atoms with Crippen molar-refractivity contribution in [3.8, 4) is 5.75 Å². The number of nitro groups is 1. The highest BCUT2D eigenvalue weighted by molar-refractivity contribution is 9.10. The Morgan fingerprint density at radius 3 is 2.71 bits per heavy atom. The van der Waals surface area contributed by atoms with Crippen molar-refractivity contribution in [2.45, 2.75) is 13.5 Å². The van der Waals surface area contributed by atoms with E-state index in [0.29, 0.717) is 23.2 Å². The van der Waals surface area contributed by atoms with Crippen molar-refractivity contribution in [1.29, 1.82) is 0 Å². The molecule has 0 unspecified atom stereocenters. The average Bonchev–Trinajstić information content (AvgIpc) is 2.45. The molecule has 0 saturated carbocycles. The van der Waals surface area contributed by atoms with E-state index in [9.17, 15) is 14.9 Å². The van der Waals surface area contributed by atoms with Crippen molar-refractivity contribution >= 4 is 27.9 Å². The van der Waals surface area contributed by atoms with Crippen LogP contribution in [0.25, 0.3) is 0 Å². The smallest absolute Gasteiger partial charge is 0.276 e. The molecule has 0 aliphatic carbocycles. The number of ether oxygens (including phenoxy) is 1. The number of benzene rings is 2. The molecule has 108 valence electrons. The lowest BCUT2D eigenvalue weighted by Gasteiger charge is -2.12. The zero-order valence-corrected chi connectivity index (χ0v) is 12.8. The van der Waals surface area contributed by atoms with Gasteiger partial charge in [-0.3, -0.25) is 14.9 Å². The highest BCUT2D eigenvalue weighted by Crippen LogP contribution is 2.28. The van der Waals surface area contributed by atoms with Crippen molar-refractivity contribution in [2.24, 2.45) is 0 Å². The molecule has 0 radical (unpaired) electrons. The second kappa shape index (κ2) is 6.49. The lowest BCUT2D eigenvalue weighted by Crippen LogP contribution is -2.03. The molecule has 0 atom stereocenters. The number of hydrogen-bond donors (Lipinski definition) is 0. The Hall–Kier alpha value is -2.21. The minimum atomic E-state index is -0.451. The van der Waals surface area contributed by atoms with E-state index in [-0.39, 0.29) is 12.3 Å². The van der Waals surface area contributed by atoms with Gasteiger partial charge in [0, 0.05) is 10.5 Å². The lowest BCUT2D eigenvalue weighted by molar-refractivity contribution is -0.385. The van der Waals surface area contributed by atoms with Gasteiger partial charge in [0.25, 0.3) is 5.69 Å². The van der Waals surface area contributed by atoms with E-state index < -0.39 is 4.92 Å². The topological polar surface area (TPSA) is 69.4 Å². The number of hydrogen-bond acceptors (Lipinski definition) is 4. The SMILES string of the molecule is Cc1cc(Br)cc(C=O)c1OCc1ccccc1[N+](=O)[O-]. The standard InChI is InChI=1S/C15H12BrNO4/c1-10-6-13(16)7-12(8-18)15(10)21-9-11-4-2-3-5-14(11)17(19)20/h2-8H,9H2,1H3. The minimum absolute atomic E-state index is 0.0000761. The van der Waals surface area contributed by atoms with Gasteiger partial charge in [-0.05, 0) is 30.7 Å². The van der Waals surface area contributed by atoms with Crippen LogP contribution in [0.1, 0.15) is 21.5 Å². The van der Waals surface area contributed by atoms with Gasteiger partial charge in [-0.15, -0.1) is 0 Å². The fourth-order valence-corrected chi connectivity index (χ4v) is 2.59. The number of rotatable bonds is 5. The predicted octanol–water partition coefficient (Wildman–Crippen LogP) is 4.06. The summed E-state index contributed by atoms with van der Waals surface area (Å²) in [5.74, 6) is 0.436. The molecule has 0 aliphatic rings. The van der Waals surface area contributed by atoms with E-state index in [1.165, 1.54) is 6.07 Å². The summed E-state index contributed by atoms with van der Waals surface area (Å²) in [5, 5.41) is 11.0.